The van der Waals surface area contributed by atoms with Crippen LogP contribution in [0.2, 0.25) is 0 Å². The summed E-state index contributed by atoms with van der Waals surface area (Å²) >= 11 is 0. The number of anilines is 1. The first-order chi connectivity index (χ1) is 19.5. The SMILES string of the molecule is Cc1ccccc1CN(C(=O)CN(c1ccc(F)c(F)c1)S(C)(=O)=O)[C@@H](Cc1ccccc1)C(=O)NC1CCCC1. The van der Waals surface area contributed by atoms with Gasteiger partial charge in [0.25, 0.3) is 0 Å². The van der Waals surface area contributed by atoms with Gasteiger partial charge in [0.15, 0.2) is 11.6 Å². The van der Waals surface area contributed by atoms with Gasteiger partial charge in [-0.3, -0.25) is 13.9 Å². The zero-order valence-corrected chi connectivity index (χ0v) is 24.0. The van der Waals surface area contributed by atoms with Crippen LogP contribution in [0.3, 0.4) is 0 Å². The summed E-state index contributed by atoms with van der Waals surface area (Å²) in [4.78, 5) is 29.3. The normalized spacial score (nSPS) is 14.4. The Bertz CT molecular complexity index is 1480. The average Bonchev–Trinajstić information content (AvgIpc) is 3.44. The molecule has 1 fully saturated rings. The molecule has 10 heteroatoms. The molecule has 2 amide bonds. The summed E-state index contributed by atoms with van der Waals surface area (Å²) < 4.78 is 54.0. The summed E-state index contributed by atoms with van der Waals surface area (Å²) in [6.45, 7) is 1.25. The number of carbonyl (C=O) groups is 2. The average molecular weight is 584 g/mol. The number of halogens is 2. The van der Waals surface area contributed by atoms with Crippen LogP contribution in [0.15, 0.2) is 72.8 Å². The van der Waals surface area contributed by atoms with Crippen molar-refractivity contribution >= 4 is 27.5 Å². The van der Waals surface area contributed by atoms with Crippen molar-refractivity contribution < 1.29 is 26.8 Å². The Morgan fingerprint density at radius 2 is 1.61 bits per heavy atom. The number of nitrogens with one attached hydrogen (secondary N) is 1. The van der Waals surface area contributed by atoms with Crippen LogP contribution in [0.4, 0.5) is 14.5 Å². The van der Waals surface area contributed by atoms with Crippen molar-refractivity contribution in [1.82, 2.24) is 10.2 Å². The summed E-state index contributed by atoms with van der Waals surface area (Å²) in [5, 5.41) is 3.11. The number of benzene rings is 3. The minimum absolute atomic E-state index is 0.00546. The van der Waals surface area contributed by atoms with Crippen molar-refractivity contribution in [2.24, 2.45) is 0 Å². The third-order valence-electron chi connectivity index (χ3n) is 7.44. The molecule has 3 aromatic carbocycles. The number of amides is 2. The first-order valence-electron chi connectivity index (χ1n) is 13.6. The molecule has 4 rings (SSSR count). The van der Waals surface area contributed by atoms with E-state index in [4.69, 9.17) is 0 Å². The highest BCUT2D eigenvalue weighted by atomic mass is 32.2. The molecule has 1 atom stereocenters. The highest BCUT2D eigenvalue weighted by Crippen LogP contribution is 2.24. The highest BCUT2D eigenvalue weighted by Gasteiger charge is 2.34. The van der Waals surface area contributed by atoms with Gasteiger partial charge < -0.3 is 10.2 Å². The van der Waals surface area contributed by atoms with Crippen LogP contribution in [0.5, 0.6) is 0 Å². The fourth-order valence-corrected chi connectivity index (χ4v) is 5.99. The molecule has 1 N–H and O–H groups in total. The van der Waals surface area contributed by atoms with E-state index in [2.05, 4.69) is 5.32 Å². The van der Waals surface area contributed by atoms with Crippen LogP contribution in [0.1, 0.15) is 42.4 Å². The second kappa shape index (κ2) is 13.2. The van der Waals surface area contributed by atoms with E-state index in [0.717, 1.165) is 71.1 Å². The predicted octanol–water partition coefficient (Wildman–Crippen LogP) is 4.74. The Morgan fingerprint density at radius 1 is 0.951 bits per heavy atom. The maximum atomic E-state index is 14.1. The summed E-state index contributed by atoms with van der Waals surface area (Å²) in [5.41, 5.74) is 2.35. The van der Waals surface area contributed by atoms with E-state index < -0.39 is 40.2 Å². The summed E-state index contributed by atoms with van der Waals surface area (Å²) in [5.74, 6) is -3.34. The molecule has 1 aliphatic rings. The van der Waals surface area contributed by atoms with E-state index in [-0.39, 0.29) is 30.6 Å². The maximum absolute atomic E-state index is 14.1. The number of nitrogens with zero attached hydrogens (tertiary/aromatic N) is 2. The number of carbonyl (C=O) groups excluding carboxylic acids is 2. The Labute approximate surface area is 240 Å². The quantitative estimate of drug-likeness (QED) is 0.354. The molecule has 7 nitrogen and oxygen atoms in total. The number of hydrogen-bond donors (Lipinski definition) is 1. The van der Waals surface area contributed by atoms with E-state index in [1.165, 1.54) is 4.90 Å². The van der Waals surface area contributed by atoms with Crippen LogP contribution in [0.25, 0.3) is 0 Å². The topological polar surface area (TPSA) is 86.8 Å². The fraction of sp³-hybridized carbons (Fsp3) is 0.355. The molecule has 0 bridgehead atoms. The van der Waals surface area contributed by atoms with Crippen LogP contribution >= 0.6 is 0 Å². The molecule has 0 aromatic heterocycles. The van der Waals surface area contributed by atoms with E-state index in [0.29, 0.717) is 0 Å². The van der Waals surface area contributed by atoms with Crippen LogP contribution in [-0.2, 0) is 32.6 Å². The van der Waals surface area contributed by atoms with Gasteiger partial charge in [0, 0.05) is 25.1 Å². The Hall–Kier alpha value is -3.79. The van der Waals surface area contributed by atoms with Crippen LogP contribution in [-0.4, -0.2) is 50.0 Å². The predicted molar refractivity (Wildman–Crippen MR) is 155 cm³/mol. The number of sulfonamides is 1. The van der Waals surface area contributed by atoms with Gasteiger partial charge >= 0.3 is 0 Å². The first-order valence-corrected chi connectivity index (χ1v) is 15.5. The maximum Gasteiger partial charge on any atom is 0.244 e. The van der Waals surface area contributed by atoms with Gasteiger partial charge in [0.2, 0.25) is 21.8 Å². The van der Waals surface area contributed by atoms with E-state index in [9.17, 15) is 26.8 Å². The van der Waals surface area contributed by atoms with E-state index >= 15 is 0 Å². The first kappa shape index (κ1) is 30.2. The Morgan fingerprint density at radius 3 is 2.24 bits per heavy atom. The third-order valence-corrected chi connectivity index (χ3v) is 8.59. The van der Waals surface area contributed by atoms with Crippen LogP contribution < -0.4 is 9.62 Å². The zero-order chi connectivity index (χ0) is 29.6. The van der Waals surface area contributed by atoms with Gasteiger partial charge in [-0.15, -0.1) is 0 Å². The summed E-state index contributed by atoms with van der Waals surface area (Å²) in [6.07, 6.45) is 4.83. The summed E-state index contributed by atoms with van der Waals surface area (Å²) in [7, 11) is -4.08. The highest BCUT2D eigenvalue weighted by molar-refractivity contribution is 7.92. The van der Waals surface area contributed by atoms with Crippen molar-refractivity contribution in [3.8, 4) is 0 Å². The van der Waals surface area contributed by atoms with Gasteiger partial charge in [-0.2, -0.15) is 0 Å². The van der Waals surface area contributed by atoms with Gasteiger partial charge in [-0.05, 0) is 48.6 Å². The minimum atomic E-state index is -4.08. The fourth-order valence-electron chi connectivity index (χ4n) is 5.15. The van der Waals surface area contributed by atoms with Gasteiger partial charge in [-0.1, -0.05) is 67.4 Å². The third kappa shape index (κ3) is 7.91. The lowest BCUT2D eigenvalue weighted by molar-refractivity contribution is -0.140. The molecule has 0 saturated heterocycles. The summed E-state index contributed by atoms with van der Waals surface area (Å²) in [6, 6.07) is 18.5. The largest absolute Gasteiger partial charge is 0.352 e. The zero-order valence-electron chi connectivity index (χ0n) is 23.2. The molecule has 218 valence electrons. The molecular weight excluding hydrogens is 548 g/mol. The van der Waals surface area contributed by atoms with Crippen LogP contribution in [0, 0.1) is 18.6 Å². The lowest BCUT2D eigenvalue weighted by Crippen LogP contribution is -2.54. The molecule has 0 spiro atoms. The van der Waals surface area contributed by atoms with Gasteiger partial charge in [-0.25, -0.2) is 17.2 Å². The molecule has 0 unspecified atom stereocenters. The Balaban J connectivity index is 1.74. The standard InChI is InChI=1S/C31H35F2N3O4S/c1-22-10-6-7-13-24(22)20-35(30(37)21-36(41(2,39)40)26-16-17-27(32)28(33)19-26)29(18-23-11-4-3-5-12-23)31(38)34-25-14-8-9-15-25/h3-7,10-13,16-17,19,25,29H,8-9,14-15,18,20-21H2,1-2H3,(H,34,38)/t29-/m0/s1. The lowest BCUT2D eigenvalue weighted by Gasteiger charge is -2.34. The molecule has 1 aliphatic carbocycles. The van der Waals surface area contributed by atoms with Gasteiger partial charge in [0.05, 0.1) is 11.9 Å². The smallest absolute Gasteiger partial charge is 0.244 e. The van der Waals surface area contributed by atoms with E-state index in [1.807, 2.05) is 61.5 Å². The van der Waals surface area contributed by atoms with Crippen molar-refractivity contribution in [2.45, 2.75) is 57.7 Å². The number of aryl methyl sites for hydroxylation is 1. The van der Waals surface area contributed by atoms with Crippen molar-refractivity contribution in [3.05, 3.63) is 101 Å². The number of hydrogen-bond acceptors (Lipinski definition) is 4. The lowest BCUT2D eigenvalue weighted by atomic mass is 10.0. The second-order valence-electron chi connectivity index (χ2n) is 10.5. The molecule has 1 saturated carbocycles. The van der Waals surface area contributed by atoms with Crippen molar-refractivity contribution in [3.63, 3.8) is 0 Å². The molecule has 3 aromatic rings. The molecule has 0 radical (unpaired) electrons. The monoisotopic (exact) mass is 583 g/mol. The minimum Gasteiger partial charge on any atom is -0.352 e. The molecule has 41 heavy (non-hydrogen) atoms. The molecule has 0 aliphatic heterocycles. The Kier molecular flexibility index (Phi) is 9.75. The molecular formula is C31H35F2N3O4S. The second-order valence-corrected chi connectivity index (χ2v) is 12.4. The number of rotatable bonds is 11. The molecule has 0 heterocycles. The van der Waals surface area contributed by atoms with E-state index in [1.54, 1.807) is 0 Å². The van der Waals surface area contributed by atoms with Crippen molar-refractivity contribution in [2.75, 3.05) is 17.1 Å². The van der Waals surface area contributed by atoms with Gasteiger partial charge in [0.1, 0.15) is 12.6 Å². The van der Waals surface area contributed by atoms with Crippen molar-refractivity contribution in [1.29, 1.82) is 0 Å².